The van der Waals surface area contributed by atoms with Crippen molar-refractivity contribution in [1.29, 1.82) is 0 Å². The third-order valence-electron chi connectivity index (χ3n) is 2.48. The molecule has 0 aromatic carbocycles. The maximum absolute atomic E-state index is 10.4. The van der Waals surface area contributed by atoms with Gasteiger partial charge in [0.05, 0.1) is 0 Å². The van der Waals surface area contributed by atoms with Gasteiger partial charge in [0.2, 0.25) is 5.24 Å². The van der Waals surface area contributed by atoms with Crippen LogP contribution in [0.15, 0.2) is 0 Å². The van der Waals surface area contributed by atoms with Crippen molar-refractivity contribution in [1.82, 2.24) is 0 Å². The predicted molar refractivity (Wildman–Crippen MR) is 83.9 cm³/mol. The minimum Gasteiger partial charge on any atom is -0.281 e. The van der Waals surface area contributed by atoms with Crippen molar-refractivity contribution < 1.29 is 4.79 Å². The molecule has 0 aliphatic rings. The standard InChI is InChI=1S/C12H23ClO.CH4.2ClH/c1-2-3-4-5-6-7-8-9-10-11-12(13)14;;;/h2-11H2,1H3;1H4;2*1H. The fourth-order valence-electron chi connectivity index (χ4n) is 1.57. The first-order valence-electron chi connectivity index (χ1n) is 5.95. The molecule has 0 aliphatic carbocycles. The summed E-state index contributed by atoms with van der Waals surface area (Å²) in [5.74, 6) is 0. The molecule has 108 valence electrons. The number of unbranched alkanes of at least 4 members (excludes halogenated alkanes) is 8. The van der Waals surface area contributed by atoms with Gasteiger partial charge in [0.15, 0.2) is 0 Å². The monoisotopic (exact) mass is 306 g/mol. The van der Waals surface area contributed by atoms with Crippen LogP contribution in [0.1, 0.15) is 78.6 Å². The highest BCUT2D eigenvalue weighted by atomic mass is 35.5. The molecular weight excluding hydrogens is 279 g/mol. The zero-order valence-electron chi connectivity index (χ0n) is 10.2. The highest BCUT2D eigenvalue weighted by Gasteiger charge is 1.95. The van der Waals surface area contributed by atoms with E-state index in [0.29, 0.717) is 6.42 Å². The Morgan fingerprint density at radius 1 is 0.824 bits per heavy atom. The van der Waals surface area contributed by atoms with Gasteiger partial charge in [0, 0.05) is 6.42 Å². The van der Waals surface area contributed by atoms with Crippen LogP contribution in [0.4, 0.5) is 0 Å². The van der Waals surface area contributed by atoms with Crippen molar-refractivity contribution >= 4 is 41.7 Å². The topological polar surface area (TPSA) is 17.1 Å². The number of hydrogen-bond acceptors (Lipinski definition) is 1. The molecule has 0 heterocycles. The molecule has 0 saturated heterocycles. The Morgan fingerprint density at radius 2 is 1.18 bits per heavy atom. The second-order valence-corrected chi connectivity index (χ2v) is 4.36. The molecule has 0 aromatic heterocycles. The van der Waals surface area contributed by atoms with Crippen LogP contribution in [0.5, 0.6) is 0 Å². The molecule has 0 radical (unpaired) electrons. The lowest BCUT2D eigenvalue weighted by Gasteiger charge is -2.00. The Kier molecular flexibility index (Phi) is 33.5. The van der Waals surface area contributed by atoms with Crippen LogP contribution in [0.3, 0.4) is 0 Å². The Labute approximate surface area is 125 Å². The van der Waals surface area contributed by atoms with Crippen molar-refractivity contribution in [3.63, 3.8) is 0 Å². The van der Waals surface area contributed by atoms with Crippen molar-refractivity contribution in [2.75, 3.05) is 0 Å². The molecule has 17 heavy (non-hydrogen) atoms. The van der Waals surface area contributed by atoms with Crippen LogP contribution in [-0.2, 0) is 4.79 Å². The summed E-state index contributed by atoms with van der Waals surface area (Å²) in [7, 11) is 0. The van der Waals surface area contributed by atoms with Crippen molar-refractivity contribution in [3.05, 3.63) is 0 Å². The molecule has 0 bridgehead atoms. The van der Waals surface area contributed by atoms with Gasteiger partial charge in [-0.05, 0) is 18.0 Å². The molecule has 0 aliphatic heterocycles. The van der Waals surface area contributed by atoms with Crippen LogP contribution in [0.25, 0.3) is 0 Å². The minimum atomic E-state index is -0.187. The summed E-state index contributed by atoms with van der Waals surface area (Å²) in [5.41, 5.74) is 0. The first-order chi connectivity index (χ1) is 6.77. The van der Waals surface area contributed by atoms with E-state index in [1.54, 1.807) is 0 Å². The Morgan fingerprint density at radius 3 is 1.53 bits per heavy atom. The number of carbonyl (C=O) groups is 1. The summed E-state index contributed by atoms with van der Waals surface area (Å²) >= 11 is 5.24. The molecule has 4 heteroatoms. The largest absolute Gasteiger partial charge is 0.281 e. The van der Waals surface area contributed by atoms with Crippen LogP contribution in [0.2, 0.25) is 0 Å². The summed E-state index contributed by atoms with van der Waals surface area (Å²) < 4.78 is 0. The molecule has 0 fully saturated rings. The second kappa shape index (κ2) is 21.8. The fourth-order valence-corrected chi connectivity index (χ4v) is 1.71. The summed E-state index contributed by atoms with van der Waals surface area (Å²) in [6.45, 7) is 2.24. The Balaban J connectivity index is -0.000000282. The van der Waals surface area contributed by atoms with Gasteiger partial charge < -0.3 is 0 Å². The van der Waals surface area contributed by atoms with Crippen LogP contribution < -0.4 is 0 Å². The van der Waals surface area contributed by atoms with Crippen molar-refractivity contribution in [2.45, 2.75) is 78.6 Å². The van der Waals surface area contributed by atoms with Gasteiger partial charge in [0.25, 0.3) is 0 Å². The quantitative estimate of drug-likeness (QED) is 0.349. The van der Waals surface area contributed by atoms with E-state index in [-0.39, 0.29) is 37.5 Å². The summed E-state index contributed by atoms with van der Waals surface area (Å²) in [5, 5.41) is -0.187. The number of hydrogen-bond donors (Lipinski definition) is 0. The SMILES string of the molecule is C.CCCCCCCCCCCC(=O)Cl.Cl.Cl. The number of rotatable bonds is 10. The van der Waals surface area contributed by atoms with Gasteiger partial charge in [-0.2, -0.15) is 0 Å². The molecular formula is C13H29Cl3O. The zero-order valence-corrected chi connectivity index (χ0v) is 12.6. The molecule has 0 rings (SSSR count). The number of halogens is 3. The summed E-state index contributed by atoms with van der Waals surface area (Å²) in [6, 6.07) is 0. The molecule has 1 nitrogen and oxygen atoms in total. The van der Waals surface area contributed by atoms with Gasteiger partial charge in [0.1, 0.15) is 0 Å². The third-order valence-corrected chi connectivity index (χ3v) is 2.67. The molecule has 0 atom stereocenters. The lowest BCUT2D eigenvalue weighted by atomic mass is 10.1. The average molecular weight is 308 g/mol. The van der Waals surface area contributed by atoms with Gasteiger partial charge in [-0.1, -0.05) is 65.7 Å². The Hall–Kier alpha value is 0.540. The predicted octanol–water partition coefficient (Wildman–Crippen LogP) is 6.15. The van der Waals surface area contributed by atoms with E-state index in [9.17, 15) is 4.79 Å². The molecule has 0 spiro atoms. The van der Waals surface area contributed by atoms with Crippen LogP contribution in [0, 0.1) is 0 Å². The average Bonchev–Trinajstić information content (AvgIpc) is 2.15. The first-order valence-corrected chi connectivity index (χ1v) is 6.33. The normalized spacial score (nSPS) is 8.59. The van der Waals surface area contributed by atoms with E-state index in [2.05, 4.69) is 6.92 Å². The minimum absolute atomic E-state index is 0. The van der Waals surface area contributed by atoms with Crippen molar-refractivity contribution in [3.8, 4) is 0 Å². The molecule has 0 amide bonds. The third kappa shape index (κ3) is 26.3. The van der Waals surface area contributed by atoms with E-state index < -0.39 is 0 Å². The lowest BCUT2D eigenvalue weighted by Crippen LogP contribution is -1.86. The molecule has 0 saturated carbocycles. The fraction of sp³-hybridized carbons (Fsp3) is 0.923. The summed E-state index contributed by atoms with van der Waals surface area (Å²) in [6.07, 6.45) is 12.1. The second-order valence-electron chi connectivity index (χ2n) is 3.93. The highest BCUT2D eigenvalue weighted by Crippen LogP contribution is 2.10. The van der Waals surface area contributed by atoms with Crippen LogP contribution >= 0.6 is 36.4 Å². The lowest BCUT2D eigenvalue weighted by molar-refractivity contribution is -0.111. The molecule has 0 N–H and O–H groups in total. The van der Waals surface area contributed by atoms with Gasteiger partial charge in [-0.3, -0.25) is 4.79 Å². The van der Waals surface area contributed by atoms with Crippen LogP contribution in [-0.4, -0.2) is 5.24 Å². The first kappa shape index (κ1) is 26.2. The maximum Gasteiger partial charge on any atom is 0.221 e. The maximum atomic E-state index is 10.4. The van der Waals surface area contributed by atoms with Gasteiger partial charge in [-0.25, -0.2) is 0 Å². The van der Waals surface area contributed by atoms with E-state index >= 15 is 0 Å². The van der Waals surface area contributed by atoms with Crippen molar-refractivity contribution in [2.24, 2.45) is 0 Å². The number of carbonyl (C=O) groups excluding carboxylic acids is 1. The molecule has 0 aromatic rings. The molecule has 0 unspecified atom stereocenters. The van der Waals surface area contributed by atoms with Gasteiger partial charge >= 0.3 is 0 Å². The zero-order chi connectivity index (χ0) is 10.6. The summed E-state index contributed by atoms with van der Waals surface area (Å²) in [4.78, 5) is 10.4. The van der Waals surface area contributed by atoms with E-state index in [0.717, 1.165) is 12.8 Å². The Bertz CT molecular complexity index is 141. The van der Waals surface area contributed by atoms with E-state index in [1.165, 1.54) is 44.9 Å². The van der Waals surface area contributed by atoms with Gasteiger partial charge in [-0.15, -0.1) is 24.8 Å². The van der Waals surface area contributed by atoms with E-state index in [1.807, 2.05) is 0 Å². The van der Waals surface area contributed by atoms with E-state index in [4.69, 9.17) is 11.6 Å². The highest BCUT2D eigenvalue weighted by molar-refractivity contribution is 6.63. The smallest absolute Gasteiger partial charge is 0.221 e.